The van der Waals surface area contributed by atoms with Gasteiger partial charge in [-0.25, -0.2) is 0 Å². The van der Waals surface area contributed by atoms with E-state index < -0.39 is 0 Å². The van der Waals surface area contributed by atoms with Crippen LogP contribution in [0.5, 0.6) is 0 Å². The zero-order valence-corrected chi connectivity index (χ0v) is 17.2. The van der Waals surface area contributed by atoms with Gasteiger partial charge in [-0.15, -0.1) is 0 Å². The van der Waals surface area contributed by atoms with Crippen LogP contribution in [0.3, 0.4) is 0 Å². The maximum absolute atomic E-state index is 6.28. The molecule has 0 fully saturated rings. The normalized spacial score (nSPS) is 12.5. The Hall–Kier alpha value is -3.42. The van der Waals surface area contributed by atoms with Crippen LogP contribution in [0.25, 0.3) is 54.2 Å². The van der Waals surface area contributed by atoms with Gasteiger partial charge in [-0.3, -0.25) is 0 Å². The fourth-order valence-electron chi connectivity index (χ4n) is 4.98. The van der Waals surface area contributed by atoms with Crippen LogP contribution in [0.1, 0.15) is 19.4 Å². The highest BCUT2D eigenvalue weighted by molar-refractivity contribution is 6.34. The fraction of sp³-hybridized carbons (Fsp3) is 0.103. The predicted octanol–water partition coefficient (Wildman–Crippen LogP) is 7.60. The number of benzene rings is 6. The second kappa shape index (κ2) is 6.04. The van der Waals surface area contributed by atoms with Crippen LogP contribution >= 0.6 is 0 Å². The molecule has 0 amide bonds. The summed E-state index contributed by atoms with van der Waals surface area (Å²) in [6.45, 7) is 4.09. The second-order valence-corrected chi connectivity index (χ2v) is 8.90. The van der Waals surface area contributed by atoms with E-state index in [1.165, 1.54) is 54.2 Å². The molecule has 0 bridgehead atoms. The van der Waals surface area contributed by atoms with Gasteiger partial charge in [-0.1, -0.05) is 91.0 Å². The molecule has 0 atom stereocenters. The summed E-state index contributed by atoms with van der Waals surface area (Å²) in [7, 11) is 0. The SMILES string of the molecule is CC(C)(N)c1ccc(-c2ccc3c4cccc5cccc(c6cccc2c63)c54)cc1. The molecule has 0 aliphatic carbocycles. The van der Waals surface area contributed by atoms with E-state index in [1.54, 1.807) is 0 Å². The zero-order valence-electron chi connectivity index (χ0n) is 17.2. The smallest absolute Gasteiger partial charge is 0.0352 e. The van der Waals surface area contributed by atoms with Crippen LogP contribution in [0, 0.1) is 0 Å². The Balaban J connectivity index is 1.72. The van der Waals surface area contributed by atoms with E-state index in [0.29, 0.717) is 0 Å². The van der Waals surface area contributed by atoms with Gasteiger partial charge in [0.05, 0.1) is 0 Å². The van der Waals surface area contributed by atoms with E-state index in [0.717, 1.165) is 5.56 Å². The van der Waals surface area contributed by atoms with E-state index in [9.17, 15) is 0 Å². The highest BCUT2D eigenvalue weighted by atomic mass is 14.7. The molecule has 2 N–H and O–H groups in total. The molecule has 0 unspecified atom stereocenters. The van der Waals surface area contributed by atoms with Crippen LogP contribution in [0.4, 0.5) is 0 Å². The summed E-state index contributed by atoms with van der Waals surface area (Å²) in [6, 6.07) is 33.3. The molecule has 144 valence electrons. The number of hydrogen-bond donors (Lipinski definition) is 1. The number of hydrogen-bond acceptors (Lipinski definition) is 1. The zero-order chi connectivity index (χ0) is 20.5. The Kier molecular flexibility index (Phi) is 3.51. The van der Waals surface area contributed by atoms with Gasteiger partial charge in [-0.05, 0) is 73.6 Å². The standard InChI is InChI=1S/C29H23N/c1-29(2,30)20-14-12-18(13-15-20)21-16-17-26-24-9-4-7-19-6-3-8-23(27(19)24)25-11-5-10-22(21)28(25)26/h3-17H,30H2,1-2H3. The number of fused-ring (bicyclic) bond motifs is 2. The minimum absolute atomic E-state index is 0.332. The first-order chi connectivity index (χ1) is 14.5. The highest BCUT2D eigenvalue weighted by Crippen LogP contribution is 2.42. The van der Waals surface area contributed by atoms with Crippen molar-refractivity contribution in [2.24, 2.45) is 5.73 Å². The Bertz CT molecular complexity index is 1500. The van der Waals surface area contributed by atoms with Crippen molar-refractivity contribution in [1.29, 1.82) is 0 Å². The van der Waals surface area contributed by atoms with Crippen molar-refractivity contribution in [2.45, 2.75) is 19.4 Å². The molecule has 0 aliphatic rings. The average Bonchev–Trinajstić information content (AvgIpc) is 2.76. The van der Waals surface area contributed by atoms with Crippen molar-refractivity contribution in [2.75, 3.05) is 0 Å². The molecular formula is C29H23N. The first-order valence-corrected chi connectivity index (χ1v) is 10.5. The third kappa shape index (κ3) is 2.39. The van der Waals surface area contributed by atoms with Crippen molar-refractivity contribution < 1.29 is 0 Å². The quantitative estimate of drug-likeness (QED) is 0.241. The molecule has 0 saturated heterocycles. The third-order valence-electron chi connectivity index (χ3n) is 6.47. The molecule has 1 nitrogen and oxygen atoms in total. The predicted molar refractivity (Wildman–Crippen MR) is 130 cm³/mol. The van der Waals surface area contributed by atoms with Crippen LogP contribution in [0.15, 0.2) is 91.0 Å². The molecular weight excluding hydrogens is 362 g/mol. The van der Waals surface area contributed by atoms with Gasteiger partial charge < -0.3 is 5.73 Å². The van der Waals surface area contributed by atoms with Gasteiger partial charge in [0.1, 0.15) is 0 Å². The van der Waals surface area contributed by atoms with E-state index in [-0.39, 0.29) is 5.54 Å². The Morgan fingerprint density at radius 1 is 0.533 bits per heavy atom. The molecule has 0 heterocycles. The van der Waals surface area contributed by atoms with Crippen molar-refractivity contribution >= 4 is 43.1 Å². The van der Waals surface area contributed by atoms with Crippen molar-refractivity contribution in [3.8, 4) is 11.1 Å². The molecule has 0 aliphatic heterocycles. The largest absolute Gasteiger partial charge is 0.322 e. The molecule has 0 saturated carbocycles. The highest BCUT2D eigenvalue weighted by Gasteiger charge is 2.16. The van der Waals surface area contributed by atoms with Gasteiger partial charge >= 0.3 is 0 Å². The van der Waals surface area contributed by atoms with Gasteiger partial charge in [0.2, 0.25) is 0 Å². The fourth-order valence-corrected chi connectivity index (χ4v) is 4.98. The maximum Gasteiger partial charge on any atom is 0.0352 e. The van der Waals surface area contributed by atoms with E-state index in [1.807, 2.05) is 13.8 Å². The monoisotopic (exact) mass is 385 g/mol. The Labute approximate surface area is 176 Å². The summed E-state index contributed by atoms with van der Waals surface area (Å²) in [5, 5.41) is 10.6. The minimum Gasteiger partial charge on any atom is -0.322 e. The van der Waals surface area contributed by atoms with Crippen molar-refractivity contribution in [1.82, 2.24) is 0 Å². The van der Waals surface area contributed by atoms with Crippen LogP contribution < -0.4 is 5.73 Å². The molecule has 0 radical (unpaired) electrons. The molecule has 6 aromatic rings. The van der Waals surface area contributed by atoms with Crippen LogP contribution in [-0.2, 0) is 5.54 Å². The summed E-state index contributed by atoms with van der Waals surface area (Å²) >= 11 is 0. The molecule has 6 aromatic carbocycles. The molecule has 0 aromatic heterocycles. The lowest BCUT2D eigenvalue weighted by molar-refractivity contribution is 0.554. The second-order valence-electron chi connectivity index (χ2n) is 8.90. The summed E-state index contributed by atoms with van der Waals surface area (Å²) in [6.07, 6.45) is 0. The van der Waals surface area contributed by atoms with Gasteiger partial charge in [0.15, 0.2) is 0 Å². The molecule has 6 rings (SSSR count). The Morgan fingerprint density at radius 2 is 1.07 bits per heavy atom. The average molecular weight is 386 g/mol. The first kappa shape index (κ1) is 17.4. The van der Waals surface area contributed by atoms with Crippen molar-refractivity contribution in [3.63, 3.8) is 0 Å². The summed E-state index contributed by atoms with van der Waals surface area (Å²) in [5.74, 6) is 0. The van der Waals surface area contributed by atoms with Crippen LogP contribution in [0.2, 0.25) is 0 Å². The lowest BCUT2D eigenvalue weighted by atomic mass is 9.86. The summed E-state index contributed by atoms with van der Waals surface area (Å²) < 4.78 is 0. The number of rotatable bonds is 2. The lowest BCUT2D eigenvalue weighted by Crippen LogP contribution is -2.28. The maximum atomic E-state index is 6.28. The molecule has 0 spiro atoms. The first-order valence-electron chi connectivity index (χ1n) is 10.5. The van der Waals surface area contributed by atoms with Crippen molar-refractivity contribution in [3.05, 3.63) is 96.6 Å². The minimum atomic E-state index is -0.332. The lowest BCUT2D eigenvalue weighted by Gasteiger charge is -2.20. The van der Waals surface area contributed by atoms with Gasteiger partial charge in [0, 0.05) is 5.54 Å². The summed E-state index contributed by atoms with van der Waals surface area (Å²) in [5.41, 5.74) is 9.59. The van der Waals surface area contributed by atoms with Gasteiger partial charge in [0.25, 0.3) is 0 Å². The topological polar surface area (TPSA) is 26.0 Å². The van der Waals surface area contributed by atoms with Crippen LogP contribution in [-0.4, -0.2) is 0 Å². The van der Waals surface area contributed by atoms with Gasteiger partial charge in [-0.2, -0.15) is 0 Å². The third-order valence-corrected chi connectivity index (χ3v) is 6.47. The Morgan fingerprint density at radius 3 is 1.70 bits per heavy atom. The molecule has 30 heavy (non-hydrogen) atoms. The number of nitrogens with two attached hydrogens (primary N) is 1. The van der Waals surface area contributed by atoms with E-state index >= 15 is 0 Å². The summed E-state index contributed by atoms with van der Waals surface area (Å²) in [4.78, 5) is 0. The molecule has 1 heteroatoms. The van der Waals surface area contributed by atoms with E-state index in [2.05, 4.69) is 91.0 Å². The van der Waals surface area contributed by atoms with E-state index in [4.69, 9.17) is 5.73 Å².